The van der Waals surface area contributed by atoms with E-state index in [-0.39, 0.29) is 16.5 Å². The monoisotopic (exact) mass is 317 g/mol. The molecule has 1 atom stereocenters. The third kappa shape index (κ3) is 3.50. The molecule has 0 aliphatic carbocycles. The lowest BCUT2D eigenvalue weighted by Gasteiger charge is -2.12. The predicted molar refractivity (Wildman–Crippen MR) is 71.4 cm³/mol. The molecule has 21 heavy (non-hydrogen) atoms. The molecular weight excluding hydrogens is 307 g/mol. The molecule has 1 aromatic carbocycles. The van der Waals surface area contributed by atoms with Crippen LogP contribution in [0, 0.1) is 0 Å². The number of aliphatic carboxylic acids is 1. The molecule has 112 valence electrons. The number of nitrogens with one attached hydrogen (secondary N) is 1. The van der Waals surface area contributed by atoms with Crippen LogP contribution in [-0.4, -0.2) is 16.1 Å². The molecule has 0 saturated heterocycles. The first-order chi connectivity index (χ1) is 9.79. The summed E-state index contributed by atoms with van der Waals surface area (Å²) in [6, 6.07) is 3.63. The van der Waals surface area contributed by atoms with Gasteiger partial charge in [0.15, 0.2) is 5.13 Å². The number of anilines is 2. The van der Waals surface area contributed by atoms with Crippen LogP contribution < -0.4 is 11.1 Å². The highest BCUT2D eigenvalue weighted by atomic mass is 32.1. The fourth-order valence-electron chi connectivity index (χ4n) is 1.57. The van der Waals surface area contributed by atoms with Crippen molar-refractivity contribution >= 4 is 28.1 Å². The minimum absolute atomic E-state index is 0.0829. The van der Waals surface area contributed by atoms with E-state index in [1.165, 1.54) is 23.6 Å². The second-order valence-electron chi connectivity index (χ2n) is 4.06. The summed E-state index contributed by atoms with van der Waals surface area (Å²) in [5.41, 5.74) is 4.48. The Morgan fingerprint density at radius 1 is 1.38 bits per heavy atom. The quantitative estimate of drug-likeness (QED) is 0.807. The van der Waals surface area contributed by atoms with Crippen LogP contribution in [0.25, 0.3) is 0 Å². The van der Waals surface area contributed by atoms with Crippen molar-refractivity contribution in [3.8, 4) is 0 Å². The van der Waals surface area contributed by atoms with Crippen molar-refractivity contribution in [2.24, 2.45) is 5.73 Å². The van der Waals surface area contributed by atoms with E-state index in [4.69, 9.17) is 10.8 Å². The number of carboxylic acid groups (broad SMARTS) is 1. The van der Waals surface area contributed by atoms with Gasteiger partial charge in [-0.2, -0.15) is 13.2 Å². The van der Waals surface area contributed by atoms with Crippen molar-refractivity contribution < 1.29 is 23.1 Å². The third-order valence-electron chi connectivity index (χ3n) is 2.58. The number of para-hydroxylation sites is 1. The van der Waals surface area contributed by atoms with Crippen LogP contribution in [0.2, 0.25) is 0 Å². The summed E-state index contributed by atoms with van der Waals surface area (Å²) in [6.45, 7) is 0. The van der Waals surface area contributed by atoms with E-state index in [1.54, 1.807) is 0 Å². The first kappa shape index (κ1) is 15.3. The highest BCUT2D eigenvalue weighted by Crippen LogP contribution is 2.36. The molecule has 0 aliphatic rings. The zero-order valence-corrected chi connectivity index (χ0v) is 11.2. The van der Waals surface area contributed by atoms with E-state index in [0.717, 1.165) is 17.4 Å². The van der Waals surface area contributed by atoms with E-state index < -0.39 is 23.8 Å². The van der Waals surface area contributed by atoms with Crippen molar-refractivity contribution in [1.29, 1.82) is 0 Å². The molecule has 4 N–H and O–H groups in total. The van der Waals surface area contributed by atoms with Gasteiger partial charge in [0, 0.05) is 5.38 Å². The van der Waals surface area contributed by atoms with Crippen LogP contribution in [0.15, 0.2) is 29.6 Å². The summed E-state index contributed by atoms with van der Waals surface area (Å²) in [7, 11) is 0. The lowest BCUT2D eigenvalue weighted by atomic mass is 10.2. The summed E-state index contributed by atoms with van der Waals surface area (Å²) in [5, 5.41) is 12.8. The Balaban J connectivity index is 2.26. The number of thiazole rings is 1. The molecule has 1 heterocycles. The molecule has 0 radical (unpaired) electrons. The largest absolute Gasteiger partial charge is 0.480 e. The number of hydrogen-bond donors (Lipinski definition) is 3. The fraction of sp³-hybridized carbons (Fsp3) is 0.167. The van der Waals surface area contributed by atoms with E-state index in [0.29, 0.717) is 0 Å². The van der Waals surface area contributed by atoms with Gasteiger partial charge in [0.1, 0.15) is 6.04 Å². The molecule has 9 heteroatoms. The molecule has 5 nitrogen and oxygen atoms in total. The Kier molecular flexibility index (Phi) is 4.14. The number of halogens is 3. The van der Waals surface area contributed by atoms with Crippen LogP contribution >= 0.6 is 11.3 Å². The molecule has 1 unspecified atom stereocenters. The molecular formula is C12H10F3N3O2S. The van der Waals surface area contributed by atoms with Gasteiger partial charge in [-0.3, -0.25) is 4.79 Å². The Morgan fingerprint density at radius 3 is 2.67 bits per heavy atom. The maximum atomic E-state index is 12.8. The summed E-state index contributed by atoms with van der Waals surface area (Å²) >= 11 is 0.977. The van der Waals surface area contributed by atoms with Crippen molar-refractivity contribution in [3.63, 3.8) is 0 Å². The number of hydrogen-bond acceptors (Lipinski definition) is 5. The van der Waals surface area contributed by atoms with Crippen molar-refractivity contribution in [2.45, 2.75) is 12.2 Å². The SMILES string of the molecule is NC(C(=O)O)c1csc(Nc2ccccc2C(F)(F)F)n1. The van der Waals surface area contributed by atoms with Gasteiger partial charge in [-0.25, -0.2) is 4.98 Å². The van der Waals surface area contributed by atoms with Crippen molar-refractivity contribution in [2.75, 3.05) is 5.32 Å². The van der Waals surface area contributed by atoms with Gasteiger partial charge < -0.3 is 16.2 Å². The van der Waals surface area contributed by atoms with Gasteiger partial charge in [0.05, 0.1) is 16.9 Å². The average Bonchev–Trinajstić information content (AvgIpc) is 2.85. The highest BCUT2D eigenvalue weighted by Gasteiger charge is 2.33. The minimum atomic E-state index is -4.50. The van der Waals surface area contributed by atoms with Gasteiger partial charge in [-0.1, -0.05) is 12.1 Å². The molecule has 0 bridgehead atoms. The highest BCUT2D eigenvalue weighted by molar-refractivity contribution is 7.13. The number of nitrogens with two attached hydrogens (primary N) is 1. The standard InChI is InChI=1S/C12H10F3N3O2S/c13-12(14,15)6-3-1-2-4-7(6)17-11-18-8(5-21-11)9(16)10(19)20/h1-5,9H,16H2,(H,17,18)(H,19,20). The molecule has 0 spiro atoms. The third-order valence-corrected chi connectivity index (χ3v) is 3.36. The number of rotatable bonds is 4. The second kappa shape index (κ2) is 5.70. The van der Waals surface area contributed by atoms with E-state index in [2.05, 4.69) is 10.3 Å². The number of carbonyl (C=O) groups is 1. The summed E-state index contributed by atoms with van der Waals surface area (Å²) in [5.74, 6) is -1.26. The maximum Gasteiger partial charge on any atom is 0.418 e. The first-order valence-electron chi connectivity index (χ1n) is 5.66. The Bertz CT molecular complexity index is 657. The zero-order valence-electron chi connectivity index (χ0n) is 10.4. The fourth-order valence-corrected chi connectivity index (χ4v) is 2.33. The summed E-state index contributed by atoms with van der Waals surface area (Å²) in [6.07, 6.45) is -4.50. The van der Waals surface area contributed by atoms with Crippen molar-refractivity contribution in [1.82, 2.24) is 4.98 Å². The number of aromatic nitrogens is 1. The molecule has 0 aliphatic heterocycles. The molecule has 2 aromatic rings. The number of nitrogens with zero attached hydrogens (tertiary/aromatic N) is 1. The lowest BCUT2D eigenvalue weighted by Crippen LogP contribution is -2.20. The molecule has 0 fully saturated rings. The van der Waals surface area contributed by atoms with Gasteiger partial charge in [-0.05, 0) is 12.1 Å². The van der Waals surface area contributed by atoms with Gasteiger partial charge in [0.2, 0.25) is 0 Å². The second-order valence-corrected chi connectivity index (χ2v) is 4.92. The zero-order chi connectivity index (χ0) is 15.6. The van der Waals surface area contributed by atoms with Crippen LogP contribution in [0.4, 0.5) is 24.0 Å². The average molecular weight is 317 g/mol. The maximum absolute atomic E-state index is 12.8. The van der Waals surface area contributed by atoms with Crippen LogP contribution in [0.1, 0.15) is 17.3 Å². The first-order valence-corrected chi connectivity index (χ1v) is 6.54. The lowest BCUT2D eigenvalue weighted by molar-refractivity contribution is -0.139. The Hall–Kier alpha value is -2.13. The normalized spacial score (nSPS) is 13.0. The van der Waals surface area contributed by atoms with E-state index in [1.807, 2.05) is 0 Å². The molecule has 0 saturated carbocycles. The van der Waals surface area contributed by atoms with E-state index >= 15 is 0 Å². The predicted octanol–water partition coefficient (Wildman–Crippen LogP) is 2.99. The van der Waals surface area contributed by atoms with Gasteiger partial charge in [0.25, 0.3) is 0 Å². The molecule has 0 amide bonds. The smallest absolute Gasteiger partial charge is 0.418 e. The summed E-state index contributed by atoms with van der Waals surface area (Å²) < 4.78 is 38.5. The Labute approximate surface area is 121 Å². The summed E-state index contributed by atoms with van der Waals surface area (Å²) in [4.78, 5) is 14.6. The van der Waals surface area contributed by atoms with Crippen molar-refractivity contribution in [3.05, 3.63) is 40.9 Å². The topological polar surface area (TPSA) is 88.2 Å². The van der Waals surface area contributed by atoms with Crippen LogP contribution in [-0.2, 0) is 11.0 Å². The molecule has 1 aromatic heterocycles. The van der Waals surface area contributed by atoms with E-state index in [9.17, 15) is 18.0 Å². The number of alkyl halides is 3. The van der Waals surface area contributed by atoms with Gasteiger partial charge >= 0.3 is 12.1 Å². The van der Waals surface area contributed by atoms with Crippen LogP contribution in [0.5, 0.6) is 0 Å². The number of carboxylic acids is 1. The minimum Gasteiger partial charge on any atom is -0.480 e. The van der Waals surface area contributed by atoms with Gasteiger partial charge in [-0.15, -0.1) is 11.3 Å². The Morgan fingerprint density at radius 2 is 2.05 bits per heavy atom. The molecule has 2 rings (SSSR count). The number of benzene rings is 1. The van der Waals surface area contributed by atoms with Crippen LogP contribution in [0.3, 0.4) is 0 Å².